The van der Waals surface area contributed by atoms with Gasteiger partial charge >= 0.3 is 0 Å². The Hall–Kier alpha value is -2.79. The highest BCUT2D eigenvalue weighted by atomic mass is 16.3. The van der Waals surface area contributed by atoms with E-state index in [9.17, 15) is 4.79 Å². The van der Waals surface area contributed by atoms with Gasteiger partial charge in [0, 0.05) is 30.2 Å². The summed E-state index contributed by atoms with van der Waals surface area (Å²) in [4.78, 5) is 14.9. The van der Waals surface area contributed by atoms with Crippen molar-refractivity contribution in [2.75, 3.05) is 18.8 Å². The summed E-state index contributed by atoms with van der Waals surface area (Å²) in [5, 5.41) is 4.07. The van der Waals surface area contributed by atoms with Gasteiger partial charge in [-0.05, 0) is 49.2 Å². The highest BCUT2D eigenvalue weighted by molar-refractivity contribution is 5.96. The van der Waals surface area contributed by atoms with Crippen LogP contribution < -0.4 is 11.1 Å². The van der Waals surface area contributed by atoms with Crippen LogP contribution in [0.5, 0.6) is 0 Å². The van der Waals surface area contributed by atoms with Crippen molar-refractivity contribution < 1.29 is 9.21 Å². The maximum atomic E-state index is 12.6. The second-order valence-corrected chi connectivity index (χ2v) is 6.94. The van der Waals surface area contributed by atoms with Crippen molar-refractivity contribution in [2.24, 2.45) is 0 Å². The first-order valence-electron chi connectivity index (χ1n) is 9.03. The van der Waals surface area contributed by atoms with Gasteiger partial charge in [-0.25, -0.2) is 0 Å². The molecule has 1 aliphatic heterocycles. The number of nitrogen functional groups attached to an aromatic ring is 1. The van der Waals surface area contributed by atoms with Crippen molar-refractivity contribution in [3.05, 3.63) is 65.9 Å². The lowest BCUT2D eigenvalue weighted by Gasteiger charge is -2.33. The summed E-state index contributed by atoms with van der Waals surface area (Å²) in [5.41, 5.74) is 8.60. The molecule has 1 saturated heterocycles. The number of carbonyl (C=O) groups excluding carboxylic acids is 1. The summed E-state index contributed by atoms with van der Waals surface area (Å²) >= 11 is 0. The van der Waals surface area contributed by atoms with E-state index in [2.05, 4.69) is 16.3 Å². The Kier molecular flexibility index (Phi) is 4.63. The maximum absolute atomic E-state index is 12.6. The Morgan fingerprint density at radius 1 is 1.19 bits per heavy atom. The summed E-state index contributed by atoms with van der Waals surface area (Å²) in [6, 6.07) is 17.6. The number of likely N-dealkylation sites (tertiary alicyclic amines) is 1. The fourth-order valence-electron chi connectivity index (χ4n) is 3.62. The molecule has 0 spiro atoms. The lowest BCUT2D eigenvalue weighted by molar-refractivity contribution is 0.0875. The van der Waals surface area contributed by atoms with Gasteiger partial charge < -0.3 is 15.5 Å². The molecule has 26 heavy (non-hydrogen) atoms. The molecular formula is C21H23N3O2. The third kappa shape index (κ3) is 3.73. The van der Waals surface area contributed by atoms with E-state index in [1.54, 1.807) is 6.07 Å². The zero-order chi connectivity index (χ0) is 17.9. The van der Waals surface area contributed by atoms with Crippen LogP contribution in [0.25, 0.3) is 11.0 Å². The smallest absolute Gasteiger partial charge is 0.287 e. The minimum atomic E-state index is -0.142. The molecule has 1 aromatic heterocycles. The van der Waals surface area contributed by atoms with E-state index in [0.29, 0.717) is 5.76 Å². The van der Waals surface area contributed by atoms with Gasteiger partial charge in [0.1, 0.15) is 5.58 Å². The number of furan rings is 1. The van der Waals surface area contributed by atoms with Crippen molar-refractivity contribution in [1.82, 2.24) is 10.2 Å². The molecule has 1 atom stereocenters. The van der Waals surface area contributed by atoms with Crippen LogP contribution in [0.2, 0.25) is 0 Å². The van der Waals surface area contributed by atoms with E-state index in [1.807, 2.05) is 42.5 Å². The van der Waals surface area contributed by atoms with E-state index in [-0.39, 0.29) is 11.9 Å². The zero-order valence-corrected chi connectivity index (χ0v) is 14.7. The molecule has 3 N–H and O–H groups in total. The van der Waals surface area contributed by atoms with Crippen molar-refractivity contribution in [2.45, 2.75) is 25.4 Å². The predicted molar refractivity (Wildman–Crippen MR) is 103 cm³/mol. The molecule has 2 aromatic carbocycles. The highest BCUT2D eigenvalue weighted by Gasteiger charge is 2.23. The molecule has 0 bridgehead atoms. The number of amides is 1. The number of rotatable bonds is 4. The first-order valence-corrected chi connectivity index (χ1v) is 9.03. The molecule has 1 aliphatic rings. The van der Waals surface area contributed by atoms with E-state index >= 15 is 0 Å². The molecule has 5 nitrogen and oxygen atoms in total. The van der Waals surface area contributed by atoms with Gasteiger partial charge in [0.05, 0.1) is 0 Å². The van der Waals surface area contributed by atoms with Crippen LogP contribution >= 0.6 is 0 Å². The summed E-state index contributed by atoms with van der Waals surface area (Å²) in [6.07, 6.45) is 2.05. The van der Waals surface area contributed by atoms with Crippen molar-refractivity contribution in [3.63, 3.8) is 0 Å². The Labute approximate surface area is 152 Å². The summed E-state index contributed by atoms with van der Waals surface area (Å²) in [6.45, 7) is 2.72. The Morgan fingerprint density at radius 2 is 2.08 bits per heavy atom. The quantitative estimate of drug-likeness (QED) is 0.708. The number of piperidine rings is 1. The first kappa shape index (κ1) is 16.7. The lowest BCUT2D eigenvalue weighted by atomic mass is 10.0. The van der Waals surface area contributed by atoms with Gasteiger partial charge in [-0.1, -0.05) is 30.3 Å². The largest absolute Gasteiger partial charge is 0.451 e. The molecule has 1 fully saturated rings. The second kappa shape index (κ2) is 7.22. The van der Waals surface area contributed by atoms with Crippen LogP contribution in [0.4, 0.5) is 5.69 Å². The Bertz CT molecular complexity index is 885. The van der Waals surface area contributed by atoms with Gasteiger partial charge in [0.25, 0.3) is 5.91 Å². The maximum Gasteiger partial charge on any atom is 0.287 e. The third-order valence-corrected chi connectivity index (χ3v) is 4.85. The van der Waals surface area contributed by atoms with E-state index in [1.165, 1.54) is 5.56 Å². The average Bonchev–Trinajstić information content (AvgIpc) is 3.06. The minimum absolute atomic E-state index is 0.130. The molecule has 0 radical (unpaired) electrons. The van der Waals surface area contributed by atoms with Crippen LogP contribution in [-0.4, -0.2) is 29.9 Å². The van der Waals surface area contributed by atoms with Gasteiger partial charge in [-0.3, -0.25) is 9.69 Å². The van der Waals surface area contributed by atoms with Crippen LogP contribution in [0.1, 0.15) is 29.0 Å². The van der Waals surface area contributed by atoms with Crippen LogP contribution in [0.3, 0.4) is 0 Å². The van der Waals surface area contributed by atoms with Crippen molar-refractivity contribution in [3.8, 4) is 0 Å². The molecule has 134 valence electrons. The third-order valence-electron chi connectivity index (χ3n) is 4.85. The minimum Gasteiger partial charge on any atom is -0.451 e. The second-order valence-electron chi connectivity index (χ2n) is 6.94. The van der Waals surface area contributed by atoms with Gasteiger partial charge in [0.2, 0.25) is 0 Å². The predicted octanol–water partition coefficient (Wildman–Crippen LogP) is 3.41. The van der Waals surface area contributed by atoms with E-state index in [0.717, 1.165) is 49.1 Å². The van der Waals surface area contributed by atoms with E-state index < -0.39 is 0 Å². The average molecular weight is 349 g/mol. The molecular weight excluding hydrogens is 326 g/mol. The zero-order valence-electron chi connectivity index (χ0n) is 14.7. The fraction of sp³-hybridized carbons (Fsp3) is 0.286. The van der Waals surface area contributed by atoms with Gasteiger partial charge in [-0.2, -0.15) is 0 Å². The standard InChI is InChI=1S/C21H23N3O2/c22-17-7-3-5-15(11-17)13-24-10-4-8-18(14-24)23-21(25)20-12-16-6-1-2-9-19(16)26-20/h1-3,5-7,9,11-12,18H,4,8,10,13-14,22H2,(H,23,25). The van der Waals surface area contributed by atoms with Crippen LogP contribution in [0.15, 0.2) is 59.0 Å². The number of nitrogens with zero attached hydrogens (tertiary/aromatic N) is 1. The van der Waals surface area contributed by atoms with Gasteiger partial charge in [0.15, 0.2) is 5.76 Å². The monoisotopic (exact) mass is 349 g/mol. The van der Waals surface area contributed by atoms with Crippen molar-refractivity contribution >= 4 is 22.6 Å². The van der Waals surface area contributed by atoms with Crippen LogP contribution in [-0.2, 0) is 6.54 Å². The number of anilines is 1. The summed E-state index contributed by atoms with van der Waals surface area (Å²) in [5.74, 6) is 0.233. The number of para-hydroxylation sites is 1. The topological polar surface area (TPSA) is 71.5 Å². The normalized spacial score (nSPS) is 18.1. The number of benzene rings is 2. The number of hydrogen-bond donors (Lipinski definition) is 2. The number of carbonyl (C=O) groups is 1. The molecule has 0 saturated carbocycles. The molecule has 2 heterocycles. The van der Waals surface area contributed by atoms with E-state index in [4.69, 9.17) is 10.2 Å². The molecule has 0 aliphatic carbocycles. The number of fused-ring (bicyclic) bond motifs is 1. The molecule has 4 rings (SSSR count). The fourth-order valence-corrected chi connectivity index (χ4v) is 3.62. The first-order chi connectivity index (χ1) is 12.7. The van der Waals surface area contributed by atoms with Crippen LogP contribution in [0, 0.1) is 0 Å². The SMILES string of the molecule is Nc1cccc(CN2CCCC(NC(=O)c3cc4ccccc4o3)C2)c1. The highest BCUT2D eigenvalue weighted by Crippen LogP contribution is 2.20. The Morgan fingerprint density at radius 3 is 2.92 bits per heavy atom. The Balaban J connectivity index is 1.39. The summed E-state index contributed by atoms with van der Waals surface area (Å²) in [7, 11) is 0. The van der Waals surface area contributed by atoms with Gasteiger partial charge in [-0.15, -0.1) is 0 Å². The molecule has 1 amide bonds. The number of nitrogens with two attached hydrogens (primary N) is 1. The number of nitrogens with one attached hydrogen (secondary N) is 1. The van der Waals surface area contributed by atoms with Crippen molar-refractivity contribution in [1.29, 1.82) is 0 Å². The molecule has 1 unspecified atom stereocenters. The lowest BCUT2D eigenvalue weighted by Crippen LogP contribution is -2.47. The molecule has 5 heteroatoms. The summed E-state index contributed by atoms with van der Waals surface area (Å²) < 4.78 is 5.67. The molecule has 3 aromatic rings. The number of hydrogen-bond acceptors (Lipinski definition) is 4.